The van der Waals surface area contributed by atoms with Gasteiger partial charge in [-0.3, -0.25) is 9.69 Å². The van der Waals surface area contributed by atoms with E-state index in [-0.39, 0.29) is 30.1 Å². The lowest BCUT2D eigenvalue weighted by Crippen LogP contribution is -2.35. The Hall–Kier alpha value is -1.29. The van der Waals surface area contributed by atoms with Crippen molar-refractivity contribution >= 4 is 33.8 Å². The van der Waals surface area contributed by atoms with Crippen LogP contribution in [0.25, 0.3) is 0 Å². The number of benzene rings is 1. The number of anilines is 1. The molecular formula is C15H22ClF2N3O3S. The van der Waals surface area contributed by atoms with Gasteiger partial charge in [0, 0.05) is 6.54 Å². The molecule has 1 aliphatic rings. The Balaban J connectivity index is 0.00000312. The Kier molecular flexibility index (Phi) is 7.30. The zero-order valence-electron chi connectivity index (χ0n) is 13.7. The second-order valence-corrected chi connectivity index (χ2v) is 8.21. The van der Waals surface area contributed by atoms with Crippen LogP contribution in [0.5, 0.6) is 0 Å². The van der Waals surface area contributed by atoms with Crippen molar-refractivity contribution in [2.45, 2.75) is 24.0 Å². The number of carbonyl (C=O) groups is 1. The van der Waals surface area contributed by atoms with Gasteiger partial charge in [0.15, 0.2) is 0 Å². The van der Waals surface area contributed by atoms with Crippen molar-refractivity contribution in [1.29, 1.82) is 0 Å². The van der Waals surface area contributed by atoms with Crippen LogP contribution in [-0.2, 0) is 14.6 Å². The summed E-state index contributed by atoms with van der Waals surface area (Å²) in [4.78, 5) is 13.5. The number of halogens is 3. The molecule has 1 aliphatic heterocycles. The topological polar surface area (TPSA) is 92.5 Å². The fraction of sp³-hybridized carbons (Fsp3) is 0.533. The van der Waals surface area contributed by atoms with Crippen molar-refractivity contribution in [1.82, 2.24) is 4.90 Å². The van der Waals surface area contributed by atoms with Gasteiger partial charge < -0.3 is 11.1 Å². The van der Waals surface area contributed by atoms with E-state index in [1.54, 1.807) is 0 Å². The van der Waals surface area contributed by atoms with E-state index in [1.165, 1.54) is 18.2 Å². The van der Waals surface area contributed by atoms with Crippen LogP contribution in [-0.4, -0.2) is 51.2 Å². The van der Waals surface area contributed by atoms with E-state index in [2.05, 4.69) is 5.32 Å². The maximum atomic E-state index is 12.7. The molecule has 1 heterocycles. The van der Waals surface area contributed by atoms with Gasteiger partial charge in [0.1, 0.15) is 0 Å². The quantitative estimate of drug-likeness (QED) is 0.762. The summed E-state index contributed by atoms with van der Waals surface area (Å²) in [6, 6.07) is 5.15. The van der Waals surface area contributed by atoms with E-state index in [0.29, 0.717) is 19.6 Å². The van der Waals surface area contributed by atoms with E-state index in [0.717, 1.165) is 12.5 Å². The largest absolute Gasteiger partial charge is 0.341 e. The van der Waals surface area contributed by atoms with Gasteiger partial charge >= 0.3 is 5.76 Å². The standard InChI is InChI=1S/C15H21F2N3O3S.ClH/c1-15(9-18)6-7-20(10-15)8-13(21)19-11-4-2-3-5-12(11)24(22,23)14(16)17;/h2-5,14H,6-10,18H2,1H3,(H,19,21);1H. The van der Waals surface area contributed by atoms with Crippen molar-refractivity contribution < 1.29 is 22.0 Å². The number of nitrogens with two attached hydrogens (primary N) is 1. The number of para-hydroxylation sites is 1. The number of nitrogens with one attached hydrogen (secondary N) is 1. The third kappa shape index (κ3) is 5.10. The molecule has 3 N–H and O–H groups in total. The Morgan fingerprint density at radius 3 is 2.60 bits per heavy atom. The number of nitrogens with zero attached hydrogens (tertiary/aromatic N) is 1. The number of hydrogen-bond donors (Lipinski definition) is 2. The van der Waals surface area contributed by atoms with Gasteiger partial charge in [0.2, 0.25) is 15.7 Å². The monoisotopic (exact) mass is 397 g/mol. The molecular weight excluding hydrogens is 376 g/mol. The average Bonchev–Trinajstić information content (AvgIpc) is 2.89. The number of hydrogen-bond acceptors (Lipinski definition) is 5. The predicted molar refractivity (Wildman–Crippen MR) is 93.7 cm³/mol. The van der Waals surface area contributed by atoms with Crippen LogP contribution in [0.2, 0.25) is 0 Å². The van der Waals surface area contributed by atoms with Crippen molar-refractivity contribution in [3.05, 3.63) is 24.3 Å². The minimum atomic E-state index is -4.78. The number of alkyl halides is 2. The van der Waals surface area contributed by atoms with E-state index in [4.69, 9.17) is 5.73 Å². The van der Waals surface area contributed by atoms with E-state index < -0.39 is 26.4 Å². The second kappa shape index (κ2) is 8.39. The van der Waals surface area contributed by atoms with Crippen molar-refractivity contribution in [3.63, 3.8) is 0 Å². The van der Waals surface area contributed by atoms with Gasteiger partial charge in [-0.2, -0.15) is 8.78 Å². The average molecular weight is 398 g/mol. The maximum Gasteiger partial charge on any atom is 0.341 e. The van der Waals surface area contributed by atoms with Gasteiger partial charge in [-0.05, 0) is 37.1 Å². The lowest BCUT2D eigenvalue weighted by Gasteiger charge is -2.22. The minimum Gasteiger partial charge on any atom is -0.330 e. The first-order valence-corrected chi connectivity index (χ1v) is 9.06. The highest BCUT2D eigenvalue weighted by atomic mass is 35.5. The lowest BCUT2D eigenvalue weighted by atomic mass is 9.90. The molecule has 25 heavy (non-hydrogen) atoms. The van der Waals surface area contributed by atoms with E-state index in [1.807, 2.05) is 11.8 Å². The highest BCUT2D eigenvalue weighted by Gasteiger charge is 2.33. The molecule has 0 saturated carbocycles. The summed E-state index contributed by atoms with van der Waals surface area (Å²) < 4.78 is 48.8. The third-order valence-electron chi connectivity index (χ3n) is 4.20. The van der Waals surface area contributed by atoms with Crippen LogP contribution in [0.1, 0.15) is 13.3 Å². The summed E-state index contributed by atoms with van der Waals surface area (Å²) in [6.45, 7) is 3.97. The highest BCUT2D eigenvalue weighted by Crippen LogP contribution is 2.29. The molecule has 1 fully saturated rings. The summed E-state index contributed by atoms with van der Waals surface area (Å²) in [6.07, 6.45) is 0.868. The van der Waals surface area contributed by atoms with E-state index in [9.17, 15) is 22.0 Å². The molecule has 2 rings (SSSR count). The van der Waals surface area contributed by atoms with Crippen molar-refractivity contribution in [2.75, 3.05) is 31.5 Å². The molecule has 1 saturated heterocycles. The molecule has 1 amide bonds. The number of sulfone groups is 1. The third-order valence-corrected chi connectivity index (χ3v) is 5.64. The molecule has 1 aromatic carbocycles. The number of amides is 1. The predicted octanol–water partition coefficient (Wildman–Crippen LogP) is 1.71. The minimum absolute atomic E-state index is 0. The van der Waals surface area contributed by atoms with Crippen LogP contribution in [0, 0.1) is 5.41 Å². The summed E-state index contributed by atoms with van der Waals surface area (Å²) in [5.41, 5.74) is 5.54. The summed E-state index contributed by atoms with van der Waals surface area (Å²) >= 11 is 0. The zero-order chi connectivity index (χ0) is 18.0. The Labute approximate surface area is 152 Å². The summed E-state index contributed by atoms with van der Waals surface area (Å²) in [7, 11) is -4.78. The van der Waals surface area contributed by atoms with E-state index >= 15 is 0 Å². The smallest absolute Gasteiger partial charge is 0.330 e. The fourth-order valence-electron chi connectivity index (χ4n) is 2.73. The first kappa shape index (κ1) is 21.8. The molecule has 1 atom stereocenters. The molecule has 1 unspecified atom stereocenters. The number of likely N-dealkylation sites (tertiary alicyclic amines) is 1. The van der Waals surface area contributed by atoms with Crippen molar-refractivity contribution in [3.8, 4) is 0 Å². The summed E-state index contributed by atoms with van der Waals surface area (Å²) in [5, 5.41) is 2.42. The molecule has 10 heteroatoms. The first-order chi connectivity index (χ1) is 11.2. The summed E-state index contributed by atoms with van der Waals surface area (Å²) in [5.74, 6) is -3.99. The molecule has 0 aromatic heterocycles. The van der Waals surface area contributed by atoms with Gasteiger partial charge in [0.25, 0.3) is 0 Å². The second-order valence-electron chi connectivity index (χ2n) is 6.33. The molecule has 0 spiro atoms. The number of rotatable bonds is 6. The first-order valence-electron chi connectivity index (χ1n) is 7.51. The van der Waals surface area contributed by atoms with Crippen LogP contribution < -0.4 is 11.1 Å². The molecule has 6 nitrogen and oxygen atoms in total. The maximum absolute atomic E-state index is 12.7. The molecule has 142 valence electrons. The van der Waals surface area contributed by atoms with Crippen LogP contribution >= 0.6 is 12.4 Å². The van der Waals surface area contributed by atoms with Gasteiger partial charge in [-0.1, -0.05) is 19.1 Å². The Morgan fingerprint density at radius 2 is 2.04 bits per heavy atom. The molecule has 1 aromatic rings. The Bertz CT molecular complexity index is 718. The number of carbonyl (C=O) groups excluding carboxylic acids is 1. The normalized spacial score (nSPS) is 21.2. The molecule has 0 bridgehead atoms. The van der Waals surface area contributed by atoms with Crippen LogP contribution in [0.4, 0.5) is 14.5 Å². The highest BCUT2D eigenvalue weighted by molar-refractivity contribution is 7.91. The Morgan fingerprint density at radius 1 is 1.40 bits per heavy atom. The lowest BCUT2D eigenvalue weighted by molar-refractivity contribution is -0.117. The van der Waals surface area contributed by atoms with Crippen LogP contribution in [0.3, 0.4) is 0 Å². The fourth-order valence-corrected chi connectivity index (χ4v) is 3.62. The van der Waals surface area contributed by atoms with Gasteiger partial charge in [-0.25, -0.2) is 8.42 Å². The van der Waals surface area contributed by atoms with Gasteiger partial charge in [0.05, 0.1) is 17.1 Å². The van der Waals surface area contributed by atoms with Gasteiger partial charge in [-0.15, -0.1) is 12.4 Å². The van der Waals surface area contributed by atoms with Crippen LogP contribution in [0.15, 0.2) is 29.2 Å². The SMILES string of the molecule is CC1(CN)CCN(CC(=O)Nc2ccccc2S(=O)(=O)C(F)F)C1.Cl. The molecule has 0 aliphatic carbocycles. The molecule has 0 radical (unpaired) electrons. The van der Waals surface area contributed by atoms with Crippen molar-refractivity contribution in [2.24, 2.45) is 11.1 Å². The zero-order valence-corrected chi connectivity index (χ0v) is 15.4.